The van der Waals surface area contributed by atoms with Crippen molar-refractivity contribution in [2.75, 3.05) is 13.2 Å². The van der Waals surface area contributed by atoms with E-state index in [4.69, 9.17) is 9.84 Å². The van der Waals surface area contributed by atoms with Crippen LogP contribution in [0.15, 0.2) is 42.5 Å². The molecule has 3 rings (SSSR count). The number of carbonyl (C=O) groups excluding carboxylic acids is 2. The number of phenolic OH excluding ortho intramolecular Hbond substituents is 1. The van der Waals surface area contributed by atoms with Crippen molar-refractivity contribution >= 4 is 18.2 Å². The molecule has 1 atom stereocenters. The summed E-state index contributed by atoms with van der Waals surface area (Å²) in [5, 5.41) is 18.8. The van der Waals surface area contributed by atoms with Crippen molar-refractivity contribution in [3.8, 4) is 11.5 Å². The highest BCUT2D eigenvalue weighted by Crippen LogP contribution is 2.27. The van der Waals surface area contributed by atoms with Gasteiger partial charge in [-0.1, -0.05) is 24.3 Å². The third kappa shape index (κ3) is 4.97. The lowest BCUT2D eigenvalue weighted by Crippen LogP contribution is -2.47. The van der Waals surface area contributed by atoms with Crippen LogP contribution in [0.4, 0.5) is 0 Å². The summed E-state index contributed by atoms with van der Waals surface area (Å²) < 4.78 is 5.81. The van der Waals surface area contributed by atoms with E-state index in [-0.39, 0.29) is 48.5 Å². The highest BCUT2D eigenvalue weighted by atomic mass is 16.5. The van der Waals surface area contributed by atoms with Crippen molar-refractivity contribution in [1.29, 1.82) is 0 Å². The lowest BCUT2D eigenvalue weighted by atomic mass is 9.98. The molecular weight excluding hydrogens is 386 g/mol. The minimum absolute atomic E-state index is 0.0389. The van der Waals surface area contributed by atoms with Gasteiger partial charge in [-0.3, -0.25) is 14.4 Å². The minimum Gasteiger partial charge on any atom is -0.507 e. The van der Waals surface area contributed by atoms with E-state index in [2.05, 4.69) is 0 Å². The zero-order valence-corrected chi connectivity index (χ0v) is 16.6. The molecule has 0 saturated carbocycles. The van der Waals surface area contributed by atoms with Crippen molar-refractivity contribution in [3.63, 3.8) is 0 Å². The second kappa shape index (κ2) is 9.91. The summed E-state index contributed by atoms with van der Waals surface area (Å²) in [6, 6.07) is 11.5. The van der Waals surface area contributed by atoms with Crippen LogP contribution in [0.2, 0.25) is 0 Å². The Morgan fingerprint density at radius 3 is 2.70 bits per heavy atom. The number of rotatable bonds is 8. The fourth-order valence-corrected chi connectivity index (χ4v) is 3.75. The summed E-state index contributed by atoms with van der Waals surface area (Å²) in [5.41, 5.74) is 1.31. The molecule has 0 aromatic heterocycles. The number of aldehydes is 1. The van der Waals surface area contributed by atoms with Gasteiger partial charge in [0.1, 0.15) is 18.1 Å². The zero-order valence-electron chi connectivity index (χ0n) is 16.6. The van der Waals surface area contributed by atoms with Gasteiger partial charge in [-0.2, -0.15) is 0 Å². The highest BCUT2D eigenvalue weighted by Gasteiger charge is 2.29. The third-order valence-electron chi connectivity index (χ3n) is 5.34. The normalized spacial score (nSPS) is 16.1. The number of likely N-dealkylation sites (tertiary alicyclic amines) is 1. The van der Waals surface area contributed by atoms with E-state index in [0.717, 1.165) is 19.3 Å². The fraction of sp³-hybridized carbons (Fsp3) is 0.348. The van der Waals surface area contributed by atoms with Gasteiger partial charge >= 0.3 is 5.97 Å². The highest BCUT2D eigenvalue weighted by molar-refractivity contribution is 5.96. The SMILES string of the molecule is O=Cc1c(O)cccc1OCC1CCCCN1C(=O)c1ccccc1CCC(=O)O. The smallest absolute Gasteiger partial charge is 0.303 e. The average Bonchev–Trinajstić information content (AvgIpc) is 2.76. The van der Waals surface area contributed by atoms with E-state index in [9.17, 15) is 19.5 Å². The van der Waals surface area contributed by atoms with Gasteiger partial charge in [0.2, 0.25) is 0 Å². The maximum Gasteiger partial charge on any atom is 0.303 e. The number of aliphatic carboxylic acids is 1. The van der Waals surface area contributed by atoms with Crippen LogP contribution in [-0.4, -0.2) is 52.5 Å². The number of benzene rings is 2. The number of hydrogen-bond acceptors (Lipinski definition) is 5. The number of phenols is 1. The van der Waals surface area contributed by atoms with Crippen molar-refractivity contribution in [1.82, 2.24) is 4.90 Å². The van der Waals surface area contributed by atoms with Crippen LogP contribution in [0.5, 0.6) is 11.5 Å². The first kappa shape index (κ1) is 21.4. The molecule has 2 aromatic rings. The molecule has 7 nitrogen and oxygen atoms in total. The molecule has 1 aliphatic heterocycles. The summed E-state index contributed by atoms with van der Waals surface area (Å²) in [4.78, 5) is 37.3. The van der Waals surface area contributed by atoms with Gasteiger partial charge in [0.15, 0.2) is 6.29 Å². The molecule has 0 radical (unpaired) electrons. The van der Waals surface area contributed by atoms with E-state index >= 15 is 0 Å². The van der Waals surface area contributed by atoms with E-state index < -0.39 is 5.97 Å². The molecule has 0 aliphatic carbocycles. The summed E-state index contributed by atoms with van der Waals surface area (Å²) in [7, 11) is 0. The van der Waals surface area contributed by atoms with Crippen molar-refractivity contribution < 1.29 is 29.3 Å². The summed E-state index contributed by atoms with van der Waals surface area (Å²) in [5.74, 6) is -0.911. The monoisotopic (exact) mass is 411 g/mol. The molecule has 0 bridgehead atoms. The van der Waals surface area contributed by atoms with Crippen molar-refractivity contribution in [3.05, 3.63) is 59.2 Å². The Bertz CT molecular complexity index is 926. The Hall–Kier alpha value is -3.35. The summed E-state index contributed by atoms with van der Waals surface area (Å²) in [6.45, 7) is 0.786. The largest absolute Gasteiger partial charge is 0.507 e. The molecule has 2 N–H and O–H groups in total. The number of piperidine rings is 1. The second-order valence-corrected chi connectivity index (χ2v) is 7.32. The lowest BCUT2D eigenvalue weighted by Gasteiger charge is -2.36. The van der Waals surface area contributed by atoms with Crippen LogP contribution in [0.1, 0.15) is 52.0 Å². The predicted molar refractivity (Wildman–Crippen MR) is 110 cm³/mol. The van der Waals surface area contributed by atoms with Crippen LogP contribution >= 0.6 is 0 Å². The molecule has 1 heterocycles. The number of ether oxygens (including phenoxy) is 1. The quantitative estimate of drug-likeness (QED) is 0.646. The van der Waals surface area contributed by atoms with Crippen LogP contribution < -0.4 is 4.74 Å². The van der Waals surface area contributed by atoms with Crippen LogP contribution in [0.3, 0.4) is 0 Å². The molecule has 2 aromatic carbocycles. The first-order valence-corrected chi connectivity index (χ1v) is 10.0. The molecule has 30 heavy (non-hydrogen) atoms. The first-order valence-electron chi connectivity index (χ1n) is 10.0. The van der Waals surface area contributed by atoms with Gasteiger partial charge in [0.25, 0.3) is 5.91 Å². The molecule has 7 heteroatoms. The van der Waals surface area contributed by atoms with Gasteiger partial charge in [-0.05, 0) is 49.4 Å². The molecule has 1 fully saturated rings. The van der Waals surface area contributed by atoms with Crippen molar-refractivity contribution in [2.45, 2.75) is 38.1 Å². The van der Waals surface area contributed by atoms with Crippen molar-refractivity contribution in [2.24, 2.45) is 0 Å². The van der Waals surface area contributed by atoms with Gasteiger partial charge in [0.05, 0.1) is 11.6 Å². The van der Waals surface area contributed by atoms with E-state index in [1.165, 1.54) is 6.07 Å². The molecule has 0 spiro atoms. The summed E-state index contributed by atoms with van der Waals surface area (Å²) >= 11 is 0. The number of nitrogens with zero attached hydrogens (tertiary/aromatic N) is 1. The molecule has 1 saturated heterocycles. The summed E-state index contributed by atoms with van der Waals surface area (Å²) in [6.07, 6.45) is 3.40. The Kier molecular flexibility index (Phi) is 7.06. The maximum atomic E-state index is 13.3. The standard InChI is InChI=1S/C23H25NO6/c25-14-19-20(26)9-5-10-21(19)30-15-17-7-3-4-13-24(17)23(29)18-8-2-1-6-16(18)11-12-22(27)28/h1-2,5-6,8-10,14,17,26H,3-4,7,11-13,15H2,(H,27,28). The van der Waals surface area contributed by atoms with Gasteiger partial charge < -0.3 is 19.8 Å². The number of aryl methyl sites for hydroxylation is 1. The van der Waals surface area contributed by atoms with Gasteiger partial charge in [-0.25, -0.2) is 0 Å². The average molecular weight is 411 g/mol. The number of amides is 1. The second-order valence-electron chi connectivity index (χ2n) is 7.32. The van der Waals surface area contributed by atoms with Crippen LogP contribution in [-0.2, 0) is 11.2 Å². The number of aromatic hydroxyl groups is 1. The zero-order chi connectivity index (χ0) is 21.5. The lowest BCUT2D eigenvalue weighted by molar-refractivity contribution is -0.136. The number of carboxylic acid groups (broad SMARTS) is 1. The van der Waals surface area contributed by atoms with Gasteiger partial charge in [-0.15, -0.1) is 0 Å². The molecular formula is C23H25NO6. The Morgan fingerprint density at radius 2 is 1.93 bits per heavy atom. The number of carboxylic acids is 1. The van der Waals surface area contributed by atoms with E-state index in [0.29, 0.717) is 24.0 Å². The Labute approximate surface area is 174 Å². The molecule has 1 aliphatic rings. The maximum absolute atomic E-state index is 13.3. The van der Waals surface area contributed by atoms with E-state index in [1.54, 1.807) is 41.3 Å². The molecule has 1 unspecified atom stereocenters. The molecule has 158 valence electrons. The number of hydrogen-bond donors (Lipinski definition) is 2. The first-order chi connectivity index (χ1) is 14.5. The topological polar surface area (TPSA) is 104 Å². The van der Waals surface area contributed by atoms with Crippen LogP contribution in [0.25, 0.3) is 0 Å². The predicted octanol–water partition coefficient (Wildman–Crippen LogP) is 3.30. The van der Waals surface area contributed by atoms with E-state index in [1.807, 2.05) is 0 Å². The fourth-order valence-electron chi connectivity index (χ4n) is 3.75. The molecule has 1 amide bonds. The number of carbonyl (C=O) groups is 3. The van der Waals surface area contributed by atoms with Gasteiger partial charge in [0, 0.05) is 18.5 Å². The minimum atomic E-state index is -0.904. The van der Waals surface area contributed by atoms with Crippen LogP contribution in [0, 0.1) is 0 Å². The Morgan fingerprint density at radius 1 is 1.13 bits per heavy atom. The third-order valence-corrected chi connectivity index (χ3v) is 5.34. The Balaban J connectivity index is 1.76.